The Morgan fingerprint density at radius 3 is 2.76 bits per heavy atom. The standard InChI is InChI=1S/C11H19N3O3/c1-3-14(2)10(16)7-13-11(17)8-4-5-9(15)12-6-8/h8H,3-7H2,1-2H3,(H,12,15)(H,13,17). The van der Waals surface area contributed by atoms with Crippen molar-refractivity contribution < 1.29 is 14.4 Å². The third kappa shape index (κ3) is 4.05. The average molecular weight is 241 g/mol. The quantitative estimate of drug-likeness (QED) is 0.670. The van der Waals surface area contributed by atoms with E-state index in [0.29, 0.717) is 25.9 Å². The van der Waals surface area contributed by atoms with Crippen LogP contribution in [-0.4, -0.2) is 49.3 Å². The van der Waals surface area contributed by atoms with Crippen LogP contribution in [0.1, 0.15) is 19.8 Å². The molecule has 1 atom stereocenters. The van der Waals surface area contributed by atoms with Crippen molar-refractivity contribution in [2.24, 2.45) is 5.92 Å². The zero-order valence-corrected chi connectivity index (χ0v) is 10.3. The lowest BCUT2D eigenvalue weighted by atomic mass is 9.98. The molecule has 0 aliphatic carbocycles. The molecule has 0 aromatic heterocycles. The number of nitrogens with one attached hydrogen (secondary N) is 2. The van der Waals surface area contributed by atoms with E-state index in [9.17, 15) is 14.4 Å². The Labute approximate surface area is 101 Å². The molecule has 1 unspecified atom stereocenters. The monoisotopic (exact) mass is 241 g/mol. The topological polar surface area (TPSA) is 78.5 Å². The van der Waals surface area contributed by atoms with E-state index in [1.165, 1.54) is 0 Å². The first-order chi connectivity index (χ1) is 8.04. The molecule has 0 spiro atoms. The Morgan fingerprint density at radius 2 is 2.24 bits per heavy atom. The molecule has 2 N–H and O–H groups in total. The van der Waals surface area contributed by atoms with Gasteiger partial charge >= 0.3 is 0 Å². The average Bonchev–Trinajstić information content (AvgIpc) is 2.35. The zero-order valence-electron chi connectivity index (χ0n) is 10.3. The minimum absolute atomic E-state index is 0.0177. The first kappa shape index (κ1) is 13.5. The van der Waals surface area contributed by atoms with E-state index in [1.807, 2.05) is 6.92 Å². The summed E-state index contributed by atoms with van der Waals surface area (Å²) in [6.07, 6.45) is 0.927. The minimum atomic E-state index is -0.215. The molecule has 1 saturated heterocycles. The summed E-state index contributed by atoms with van der Waals surface area (Å²) in [4.78, 5) is 35.6. The molecule has 0 saturated carbocycles. The zero-order chi connectivity index (χ0) is 12.8. The van der Waals surface area contributed by atoms with E-state index in [1.54, 1.807) is 11.9 Å². The Balaban J connectivity index is 2.30. The Hall–Kier alpha value is -1.59. The molecule has 1 aliphatic rings. The van der Waals surface area contributed by atoms with Gasteiger partial charge in [-0.2, -0.15) is 0 Å². The van der Waals surface area contributed by atoms with Crippen LogP contribution < -0.4 is 10.6 Å². The SMILES string of the molecule is CCN(C)C(=O)CNC(=O)C1CCC(=O)NC1. The fourth-order valence-corrected chi connectivity index (χ4v) is 1.57. The number of carbonyl (C=O) groups is 3. The molecule has 1 aliphatic heterocycles. The van der Waals surface area contributed by atoms with Crippen LogP contribution in [0.15, 0.2) is 0 Å². The highest BCUT2D eigenvalue weighted by Crippen LogP contribution is 2.10. The molecule has 1 rings (SSSR count). The van der Waals surface area contributed by atoms with Crippen LogP contribution in [0.4, 0.5) is 0 Å². The van der Waals surface area contributed by atoms with Gasteiger partial charge in [0.25, 0.3) is 0 Å². The fourth-order valence-electron chi connectivity index (χ4n) is 1.57. The van der Waals surface area contributed by atoms with Crippen LogP contribution in [0.5, 0.6) is 0 Å². The van der Waals surface area contributed by atoms with Gasteiger partial charge in [-0.05, 0) is 13.3 Å². The van der Waals surface area contributed by atoms with E-state index in [2.05, 4.69) is 10.6 Å². The maximum absolute atomic E-state index is 11.7. The van der Waals surface area contributed by atoms with Gasteiger partial charge in [0.1, 0.15) is 0 Å². The second kappa shape index (κ2) is 6.22. The number of carbonyl (C=O) groups excluding carboxylic acids is 3. The molecular weight excluding hydrogens is 222 g/mol. The first-order valence-electron chi connectivity index (χ1n) is 5.83. The summed E-state index contributed by atoms with van der Waals surface area (Å²) in [6.45, 7) is 2.88. The molecule has 6 nitrogen and oxygen atoms in total. The predicted molar refractivity (Wildman–Crippen MR) is 62.1 cm³/mol. The number of amides is 3. The van der Waals surface area contributed by atoms with Crippen LogP contribution in [-0.2, 0) is 14.4 Å². The van der Waals surface area contributed by atoms with Gasteiger partial charge in [0.15, 0.2) is 0 Å². The minimum Gasteiger partial charge on any atom is -0.355 e. The summed E-state index contributed by atoms with van der Waals surface area (Å²) < 4.78 is 0. The van der Waals surface area contributed by atoms with Gasteiger partial charge in [-0.1, -0.05) is 0 Å². The van der Waals surface area contributed by atoms with Crippen molar-refractivity contribution in [3.05, 3.63) is 0 Å². The molecule has 0 aromatic carbocycles. The van der Waals surface area contributed by atoms with Gasteiger partial charge in [0, 0.05) is 26.6 Å². The van der Waals surface area contributed by atoms with E-state index < -0.39 is 0 Å². The second-order valence-electron chi connectivity index (χ2n) is 4.17. The van der Waals surface area contributed by atoms with Crippen molar-refractivity contribution in [2.45, 2.75) is 19.8 Å². The van der Waals surface area contributed by atoms with Crippen LogP contribution in [0.2, 0.25) is 0 Å². The molecule has 0 bridgehead atoms. The van der Waals surface area contributed by atoms with Gasteiger partial charge < -0.3 is 15.5 Å². The smallest absolute Gasteiger partial charge is 0.241 e. The van der Waals surface area contributed by atoms with Gasteiger partial charge in [-0.25, -0.2) is 0 Å². The summed E-state index contributed by atoms with van der Waals surface area (Å²) in [5.41, 5.74) is 0. The lowest BCUT2D eigenvalue weighted by molar-refractivity contribution is -0.134. The van der Waals surface area contributed by atoms with Crippen LogP contribution in [0.3, 0.4) is 0 Å². The molecule has 3 amide bonds. The highest BCUT2D eigenvalue weighted by Gasteiger charge is 2.24. The van der Waals surface area contributed by atoms with Gasteiger partial charge in [0.05, 0.1) is 12.5 Å². The van der Waals surface area contributed by atoms with Crippen molar-refractivity contribution in [3.63, 3.8) is 0 Å². The highest BCUT2D eigenvalue weighted by molar-refractivity contribution is 5.87. The number of nitrogens with zero attached hydrogens (tertiary/aromatic N) is 1. The Bertz CT molecular complexity index is 307. The van der Waals surface area contributed by atoms with E-state index >= 15 is 0 Å². The predicted octanol–water partition coefficient (Wildman–Crippen LogP) is -0.893. The summed E-state index contributed by atoms with van der Waals surface area (Å²) in [6, 6.07) is 0. The highest BCUT2D eigenvalue weighted by atomic mass is 16.2. The molecule has 0 aromatic rings. The third-order valence-corrected chi connectivity index (χ3v) is 2.95. The molecular formula is C11H19N3O3. The molecule has 1 heterocycles. The molecule has 0 radical (unpaired) electrons. The molecule has 6 heteroatoms. The van der Waals surface area contributed by atoms with Crippen molar-refractivity contribution in [2.75, 3.05) is 26.7 Å². The fraction of sp³-hybridized carbons (Fsp3) is 0.727. The van der Waals surface area contributed by atoms with Crippen molar-refractivity contribution in [1.82, 2.24) is 15.5 Å². The van der Waals surface area contributed by atoms with Crippen molar-refractivity contribution in [3.8, 4) is 0 Å². The van der Waals surface area contributed by atoms with E-state index in [4.69, 9.17) is 0 Å². The molecule has 17 heavy (non-hydrogen) atoms. The Morgan fingerprint density at radius 1 is 1.53 bits per heavy atom. The largest absolute Gasteiger partial charge is 0.355 e. The summed E-state index contributed by atoms with van der Waals surface area (Å²) in [7, 11) is 1.69. The number of piperidine rings is 1. The third-order valence-electron chi connectivity index (χ3n) is 2.95. The Kier molecular flexibility index (Phi) is 4.93. The number of hydrogen-bond acceptors (Lipinski definition) is 3. The van der Waals surface area contributed by atoms with Crippen molar-refractivity contribution >= 4 is 17.7 Å². The summed E-state index contributed by atoms with van der Waals surface area (Å²) >= 11 is 0. The van der Waals surface area contributed by atoms with Gasteiger partial charge in [-0.3, -0.25) is 14.4 Å². The maximum atomic E-state index is 11.7. The molecule has 96 valence electrons. The summed E-state index contributed by atoms with van der Waals surface area (Å²) in [5, 5.41) is 5.24. The molecule has 1 fully saturated rings. The number of rotatable bonds is 4. The lowest BCUT2D eigenvalue weighted by Crippen LogP contribution is -2.45. The van der Waals surface area contributed by atoms with Crippen molar-refractivity contribution in [1.29, 1.82) is 0 Å². The van der Waals surface area contributed by atoms with E-state index in [-0.39, 0.29) is 30.2 Å². The van der Waals surface area contributed by atoms with Crippen LogP contribution >= 0.6 is 0 Å². The number of hydrogen-bond donors (Lipinski definition) is 2. The summed E-state index contributed by atoms with van der Waals surface area (Å²) in [5.74, 6) is -0.508. The van der Waals surface area contributed by atoms with Crippen LogP contribution in [0.25, 0.3) is 0 Å². The first-order valence-corrected chi connectivity index (χ1v) is 5.83. The normalized spacial score (nSPS) is 19.4. The van der Waals surface area contributed by atoms with Gasteiger partial charge in [-0.15, -0.1) is 0 Å². The maximum Gasteiger partial charge on any atom is 0.241 e. The second-order valence-corrected chi connectivity index (χ2v) is 4.17. The van der Waals surface area contributed by atoms with Gasteiger partial charge in [0.2, 0.25) is 17.7 Å². The number of likely N-dealkylation sites (N-methyl/N-ethyl adjacent to an activating group) is 1. The lowest BCUT2D eigenvalue weighted by Gasteiger charge is -2.22. The van der Waals surface area contributed by atoms with E-state index in [0.717, 1.165) is 0 Å². The van der Waals surface area contributed by atoms with Crippen LogP contribution in [0, 0.1) is 5.92 Å².